The average molecular weight is 348 g/mol. The first-order chi connectivity index (χ1) is 8.41. The van der Waals surface area contributed by atoms with Gasteiger partial charge in [-0.25, -0.2) is 0 Å². The summed E-state index contributed by atoms with van der Waals surface area (Å²) >= 11 is 2.12. The molecule has 0 saturated heterocycles. The van der Waals surface area contributed by atoms with Crippen molar-refractivity contribution in [1.82, 2.24) is 0 Å². The standard InChI is InChI=1S/C16H29I/c1-2-3-4-5-6-7-8-9-10-11-12-13-14-15-16-17/h2-14H2,1H3. The van der Waals surface area contributed by atoms with Gasteiger partial charge in [-0.3, -0.25) is 0 Å². The number of unbranched alkanes of at least 4 members (excludes halogenated alkanes) is 12. The third-order valence-electron chi connectivity index (χ3n) is 3.22. The van der Waals surface area contributed by atoms with Crippen molar-refractivity contribution in [1.29, 1.82) is 0 Å². The van der Waals surface area contributed by atoms with E-state index in [0.29, 0.717) is 0 Å². The smallest absolute Gasteiger partial charge is 0.0181 e. The van der Waals surface area contributed by atoms with Gasteiger partial charge in [0.05, 0.1) is 0 Å². The monoisotopic (exact) mass is 348 g/mol. The number of hydrogen-bond acceptors (Lipinski definition) is 0. The van der Waals surface area contributed by atoms with Crippen LogP contribution in [0.15, 0.2) is 0 Å². The quantitative estimate of drug-likeness (QED) is 0.215. The zero-order valence-corrected chi connectivity index (χ0v) is 13.7. The van der Waals surface area contributed by atoms with E-state index in [0.717, 1.165) is 6.42 Å². The van der Waals surface area contributed by atoms with Crippen LogP contribution in [0.5, 0.6) is 0 Å². The molecule has 0 aromatic rings. The molecule has 0 heterocycles. The molecule has 0 fully saturated rings. The molecule has 0 nitrogen and oxygen atoms in total. The third-order valence-corrected chi connectivity index (χ3v) is 3.60. The topological polar surface area (TPSA) is 0 Å². The van der Waals surface area contributed by atoms with E-state index < -0.39 is 0 Å². The van der Waals surface area contributed by atoms with E-state index in [1.54, 1.807) is 0 Å². The number of hydrogen-bond donors (Lipinski definition) is 0. The summed E-state index contributed by atoms with van der Waals surface area (Å²) in [7, 11) is 0. The zero-order valence-electron chi connectivity index (χ0n) is 11.6. The van der Waals surface area contributed by atoms with Gasteiger partial charge < -0.3 is 0 Å². The van der Waals surface area contributed by atoms with Crippen LogP contribution in [0.4, 0.5) is 0 Å². The molecule has 0 radical (unpaired) electrons. The van der Waals surface area contributed by atoms with Gasteiger partial charge in [0.15, 0.2) is 0 Å². The summed E-state index contributed by atoms with van der Waals surface area (Å²) in [6, 6.07) is 0. The largest absolute Gasteiger partial charge is 0.0919 e. The first-order valence-electron chi connectivity index (χ1n) is 7.50. The highest BCUT2D eigenvalue weighted by Crippen LogP contribution is 2.12. The van der Waals surface area contributed by atoms with Crippen LogP contribution in [-0.4, -0.2) is 0 Å². The van der Waals surface area contributed by atoms with Crippen molar-refractivity contribution in [3.8, 4) is 9.85 Å². The van der Waals surface area contributed by atoms with Crippen LogP contribution >= 0.6 is 22.6 Å². The molecule has 0 aromatic heterocycles. The molecule has 1 heteroatoms. The third kappa shape index (κ3) is 16.3. The Labute approximate surface area is 122 Å². The molecule has 0 aliphatic heterocycles. The Morgan fingerprint density at radius 3 is 1.47 bits per heavy atom. The minimum atomic E-state index is 1.10. The molecule has 100 valence electrons. The van der Waals surface area contributed by atoms with E-state index in [9.17, 15) is 0 Å². The highest BCUT2D eigenvalue weighted by Gasteiger charge is 1.92. The lowest BCUT2D eigenvalue weighted by Crippen LogP contribution is -1.82. The second-order valence-corrected chi connectivity index (χ2v) is 5.45. The molecule has 0 aliphatic carbocycles. The molecule has 0 bridgehead atoms. The molecule has 0 aromatic carbocycles. The Kier molecular flexibility index (Phi) is 16.6. The minimum Gasteiger partial charge on any atom is -0.0919 e. The molecule has 0 spiro atoms. The van der Waals surface area contributed by atoms with E-state index in [2.05, 4.69) is 39.4 Å². The van der Waals surface area contributed by atoms with Crippen molar-refractivity contribution in [3.63, 3.8) is 0 Å². The molecule has 0 unspecified atom stereocenters. The Morgan fingerprint density at radius 2 is 1.06 bits per heavy atom. The van der Waals surface area contributed by atoms with E-state index in [-0.39, 0.29) is 0 Å². The maximum absolute atomic E-state index is 3.12. The van der Waals surface area contributed by atoms with Crippen molar-refractivity contribution in [2.75, 3.05) is 0 Å². The van der Waals surface area contributed by atoms with Crippen LogP contribution in [0.3, 0.4) is 0 Å². The van der Waals surface area contributed by atoms with Crippen LogP contribution < -0.4 is 0 Å². The summed E-state index contributed by atoms with van der Waals surface area (Å²) < 4.78 is 2.93. The van der Waals surface area contributed by atoms with Crippen molar-refractivity contribution in [3.05, 3.63) is 0 Å². The first kappa shape index (κ1) is 17.3. The fourth-order valence-corrected chi connectivity index (χ4v) is 2.37. The molecule has 0 amide bonds. The summed E-state index contributed by atoms with van der Waals surface area (Å²) in [5, 5.41) is 0. The Morgan fingerprint density at radius 1 is 0.647 bits per heavy atom. The fraction of sp³-hybridized carbons (Fsp3) is 0.875. The van der Waals surface area contributed by atoms with Crippen LogP contribution in [0, 0.1) is 9.85 Å². The van der Waals surface area contributed by atoms with Crippen LogP contribution in [0.2, 0.25) is 0 Å². The van der Waals surface area contributed by atoms with Gasteiger partial charge in [-0.1, -0.05) is 83.5 Å². The predicted molar refractivity (Wildman–Crippen MR) is 87.5 cm³/mol. The normalized spacial score (nSPS) is 10.0. The molecular weight excluding hydrogens is 319 g/mol. The highest BCUT2D eigenvalue weighted by molar-refractivity contribution is 14.1. The molecule has 0 rings (SSSR count). The van der Waals surface area contributed by atoms with Crippen molar-refractivity contribution >= 4 is 22.6 Å². The molecule has 17 heavy (non-hydrogen) atoms. The summed E-state index contributed by atoms with van der Waals surface area (Å²) in [4.78, 5) is 0. The van der Waals surface area contributed by atoms with Gasteiger partial charge in [0.25, 0.3) is 0 Å². The summed E-state index contributed by atoms with van der Waals surface area (Å²) in [6.07, 6.45) is 18.2. The van der Waals surface area contributed by atoms with E-state index in [1.165, 1.54) is 77.0 Å². The SMILES string of the molecule is CCCCCCCCCCCCCCC#CI. The lowest BCUT2D eigenvalue weighted by molar-refractivity contribution is 0.545. The molecule has 0 aliphatic rings. The predicted octanol–water partition coefficient (Wildman–Crippen LogP) is 6.47. The lowest BCUT2D eigenvalue weighted by atomic mass is 10.0. The minimum absolute atomic E-state index is 1.10. The van der Waals surface area contributed by atoms with Crippen LogP contribution in [-0.2, 0) is 0 Å². The van der Waals surface area contributed by atoms with Gasteiger partial charge in [0.2, 0.25) is 0 Å². The van der Waals surface area contributed by atoms with E-state index >= 15 is 0 Å². The van der Waals surface area contributed by atoms with Crippen LogP contribution in [0.1, 0.15) is 90.4 Å². The summed E-state index contributed by atoms with van der Waals surface area (Å²) in [5.74, 6) is 3.12. The van der Waals surface area contributed by atoms with Crippen molar-refractivity contribution in [2.24, 2.45) is 0 Å². The van der Waals surface area contributed by atoms with Crippen LogP contribution in [0.25, 0.3) is 0 Å². The highest BCUT2D eigenvalue weighted by atomic mass is 127. The summed E-state index contributed by atoms with van der Waals surface area (Å²) in [5.41, 5.74) is 0. The molecule has 0 saturated carbocycles. The number of rotatable bonds is 12. The Bertz CT molecular complexity index is 187. The number of halogens is 1. The molecule has 0 N–H and O–H groups in total. The molecular formula is C16H29I. The van der Waals surface area contributed by atoms with E-state index in [4.69, 9.17) is 0 Å². The lowest BCUT2D eigenvalue weighted by Gasteiger charge is -2.01. The zero-order chi connectivity index (χ0) is 12.6. The van der Waals surface area contributed by atoms with Gasteiger partial charge in [-0.05, 0) is 10.3 Å². The summed E-state index contributed by atoms with van der Waals surface area (Å²) in [6.45, 7) is 2.28. The maximum atomic E-state index is 3.12. The second-order valence-electron chi connectivity index (χ2n) is 4.91. The van der Waals surface area contributed by atoms with Crippen molar-refractivity contribution < 1.29 is 0 Å². The van der Waals surface area contributed by atoms with Gasteiger partial charge >= 0.3 is 0 Å². The Balaban J connectivity index is 2.91. The average Bonchev–Trinajstić information content (AvgIpc) is 2.35. The van der Waals surface area contributed by atoms with E-state index in [1.807, 2.05) is 0 Å². The molecule has 0 atom stereocenters. The fourth-order valence-electron chi connectivity index (χ4n) is 2.10. The maximum Gasteiger partial charge on any atom is 0.0181 e. The van der Waals surface area contributed by atoms with Gasteiger partial charge in [-0.2, -0.15) is 0 Å². The van der Waals surface area contributed by atoms with Crippen molar-refractivity contribution in [2.45, 2.75) is 90.4 Å². The first-order valence-corrected chi connectivity index (χ1v) is 8.58. The van der Waals surface area contributed by atoms with Gasteiger partial charge in [-0.15, -0.1) is 0 Å². The van der Waals surface area contributed by atoms with Gasteiger partial charge in [0.1, 0.15) is 0 Å². The van der Waals surface area contributed by atoms with Gasteiger partial charge in [0, 0.05) is 29.0 Å². The second kappa shape index (κ2) is 16.3. The Hall–Kier alpha value is 0.290.